The number of hydrogen-bond donors (Lipinski definition) is 0. The minimum atomic E-state index is -0.624. The molecule has 0 amide bonds. The third kappa shape index (κ3) is 5.13. The molecule has 1 unspecified atom stereocenters. The van der Waals surface area contributed by atoms with Gasteiger partial charge >= 0.3 is 21.7 Å². The van der Waals surface area contributed by atoms with Gasteiger partial charge in [0, 0.05) is 13.0 Å². The Morgan fingerprint density at radius 2 is 2.05 bits per heavy atom. The molecule has 5 heteroatoms. The van der Waals surface area contributed by atoms with Crippen molar-refractivity contribution in [3.05, 3.63) is 47.8 Å². The third-order valence-electron chi connectivity index (χ3n) is 2.79. The van der Waals surface area contributed by atoms with Crippen molar-refractivity contribution in [1.29, 1.82) is 0 Å². The van der Waals surface area contributed by atoms with Gasteiger partial charge < -0.3 is 34.3 Å². The summed E-state index contributed by atoms with van der Waals surface area (Å²) in [5.74, 6) is 0.164. The van der Waals surface area contributed by atoms with E-state index in [1.165, 1.54) is 0 Å². The SMILES string of the molecule is CCOC1(OC2=[C-]CC=C2)CC=CC=C1C.[Cl-].[Cl-].[Ti+3]. The molecule has 2 rings (SSSR count). The first-order valence-electron chi connectivity index (χ1n) is 5.71. The Balaban J connectivity index is 0. The fourth-order valence-electron chi connectivity index (χ4n) is 1.91. The Labute approximate surface area is 142 Å². The largest absolute Gasteiger partial charge is 3.00 e. The van der Waals surface area contributed by atoms with Crippen LogP contribution < -0.4 is 24.8 Å². The average molecular weight is 336 g/mol. The standard InChI is InChI=1S/C14H17O2.2ClH.Ti/c1-3-15-14(11-7-6-8-12(14)2)16-13-9-4-5-10-13;;;/h4,6-9H,3,5,11H2,1-2H3;2*1H;/q-1;;;+3/p-2. The Kier molecular flexibility index (Phi) is 11.0. The summed E-state index contributed by atoms with van der Waals surface area (Å²) in [6, 6.07) is 0. The number of ether oxygens (including phenoxy) is 2. The Morgan fingerprint density at radius 1 is 1.32 bits per heavy atom. The second kappa shape index (κ2) is 9.85. The molecule has 0 aromatic heterocycles. The van der Waals surface area contributed by atoms with E-state index in [4.69, 9.17) is 9.47 Å². The normalized spacial score (nSPS) is 23.5. The van der Waals surface area contributed by atoms with Gasteiger partial charge in [0.1, 0.15) is 0 Å². The summed E-state index contributed by atoms with van der Waals surface area (Å²) >= 11 is 0. The fraction of sp³-hybridized carbons (Fsp3) is 0.429. The zero-order valence-electron chi connectivity index (χ0n) is 11.1. The van der Waals surface area contributed by atoms with Crippen LogP contribution in [0, 0.1) is 6.08 Å². The van der Waals surface area contributed by atoms with Crippen LogP contribution >= 0.6 is 0 Å². The van der Waals surface area contributed by atoms with Crippen LogP contribution in [0.1, 0.15) is 26.7 Å². The zero-order chi connectivity index (χ0) is 11.4. The fourth-order valence-corrected chi connectivity index (χ4v) is 1.91. The van der Waals surface area contributed by atoms with E-state index in [-0.39, 0.29) is 46.5 Å². The van der Waals surface area contributed by atoms with Gasteiger partial charge in [0.05, 0.1) is 0 Å². The van der Waals surface area contributed by atoms with Crippen molar-refractivity contribution < 1.29 is 56.0 Å². The number of hydrogen-bond acceptors (Lipinski definition) is 2. The minimum Gasteiger partial charge on any atom is -1.00 e. The van der Waals surface area contributed by atoms with Crippen LogP contribution in [0.5, 0.6) is 0 Å². The first-order chi connectivity index (χ1) is 7.77. The minimum absolute atomic E-state index is 0. The molecule has 2 aliphatic rings. The molecule has 0 saturated carbocycles. The summed E-state index contributed by atoms with van der Waals surface area (Å²) in [5, 5.41) is 0. The van der Waals surface area contributed by atoms with Crippen LogP contribution in [0.15, 0.2) is 41.7 Å². The third-order valence-corrected chi connectivity index (χ3v) is 2.79. The molecule has 0 aliphatic heterocycles. The van der Waals surface area contributed by atoms with Crippen LogP contribution in [-0.2, 0) is 31.2 Å². The van der Waals surface area contributed by atoms with Gasteiger partial charge in [0.15, 0.2) is 0 Å². The molecule has 103 valence electrons. The van der Waals surface area contributed by atoms with E-state index < -0.39 is 5.79 Å². The van der Waals surface area contributed by atoms with Gasteiger partial charge in [-0.25, -0.2) is 6.08 Å². The molecular formula is C14H17Cl2O2Ti. The second-order valence-electron chi connectivity index (χ2n) is 3.92. The van der Waals surface area contributed by atoms with Gasteiger partial charge in [0.25, 0.3) is 0 Å². The first-order valence-corrected chi connectivity index (χ1v) is 5.71. The van der Waals surface area contributed by atoms with Crippen molar-refractivity contribution in [2.45, 2.75) is 32.5 Å². The maximum Gasteiger partial charge on any atom is 3.00 e. The van der Waals surface area contributed by atoms with E-state index in [0.29, 0.717) is 6.61 Å². The van der Waals surface area contributed by atoms with Crippen LogP contribution in [0.4, 0.5) is 0 Å². The van der Waals surface area contributed by atoms with Crippen molar-refractivity contribution in [3.63, 3.8) is 0 Å². The van der Waals surface area contributed by atoms with Gasteiger partial charge in [-0.1, -0.05) is 18.2 Å². The Bertz CT molecular complexity index is 389. The first kappa shape index (κ1) is 21.3. The number of allylic oxidation sites excluding steroid dienone is 5. The molecule has 0 fully saturated rings. The van der Waals surface area contributed by atoms with E-state index in [9.17, 15) is 0 Å². The number of halogens is 2. The van der Waals surface area contributed by atoms with Crippen molar-refractivity contribution in [3.8, 4) is 0 Å². The summed E-state index contributed by atoms with van der Waals surface area (Å²) in [5.41, 5.74) is 1.10. The van der Waals surface area contributed by atoms with Gasteiger partial charge in [0.2, 0.25) is 5.79 Å². The molecule has 19 heavy (non-hydrogen) atoms. The molecule has 0 saturated heterocycles. The molecule has 1 atom stereocenters. The molecule has 0 aromatic carbocycles. The predicted octanol–water partition coefficient (Wildman–Crippen LogP) is -2.71. The molecule has 0 bridgehead atoms. The summed E-state index contributed by atoms with van der Waals surface area (Å²) in [7, 11) is 0. The molecule has 2 nitrogen and oxygen atoms in total. The molecule has 2 aliphatic carbocycles. The molecule has 0 aromatic rings. The van der Waals surface area contributed by atoms with E-state index in [1.807, 2.05) is 38.2 Å². The topological polar surface area (TPSA) is 18.5 Å². The molecule has 0 heterocycles. The molecule has 0 spiro atoms. The molecular weight excluding hydrogens is 319 g/mol. The smallest absolute Gasteiger partial charge is 1.00 e. The van der Waals surface area contributed by atoms with Crippen molar-refractivity contribution in [2.75, 3.05) is 6.61 Å². The number of rotatable bonds is 4. The van der Waals surface area contributed by atoms with Gasteiger partial charge in [-0.15, -0.1) is 6.42 Å². The quantitative estimate of drug-likeness (QED) is 0.316. The summed E-state index contributed by atoms with van der Waals surface area (Å²) in [4.78, 5) is 0. The summed E-state index contributed by atoms with van der Waals surface area (Å²) in [6.07, 6.45) is 14.9. The van der Waals surface area contributed by atoms with Gasteiger partial charge in [-0.05, 0) is 25.2 Å². The van der Waals surface area contributed by atoms with E-state index in [2.05, 4.69) is 12.2 Å². The zero-order valence-corrected chi connectivity index (χ0v) is 14.2. The van der Waals surface area contributed by atoms with E-state index in [0.717, 1.165) is 24.2 Å². The Hall–Kier alpha value is 0.0143. The van der Waals surface area contributed by atoms with E-state index in [1.54, 1.807) is 0 Å². The van der Waals surface area contributed by atoms with Crippen molar-refractivity contribution in [1.82, 2.24) is 0 Å². The van der Waals surface area contributed by atoms with Crippen LogP contribution in [0.3, 0.4) is 0 Å². The van der Waals surface area contributed by atoms with Gasteiger partial charge in [-0.3, -0.25) is 0 Å². The average Bonchev–Trinajstić information content (AvgIpc) is 2.75. The van der Waals surface area contributed by atoms with Crippen molar-refractivity contribution >= 4 is 0 Å². The van der Waals surface area contributed by atoms with Crippen LogP contribution in [0.2, 0.25) is 0 Å². The maximum absolute atomic E-state index is 5.97. The van der Waals surface area contributed by atoms with Gasteiger partial charge in [-0.2, -0.15) is 12.2 Å². The van der Waals surface area contributed by atoms with Crippen molar-refractivity contribution in [2.24, 2.45) is 0 Å². The summed E-state index contributed by atoms with van der Waals surface area (Å²) < 4.78 is 11.8. The maximum atomic E-state index is 5.97. The second-order valence-corrected chi connectivity index (χ2v) is 3.92. The molecule has 0 N–H and O–H groups in total. The van der Waals surface area contributed by atoms with Crippen LogP contribution in [-0.4, -0.2) is 12.4 Å². The van der Waals surface area contributed by atoms with E-state index >= 15 is 0 Å². The Morgan fingerprint density at radius 3 is 2.58 bits per heavy atom. The predicted molar refractivity (Wildman–Crippen MR) is 63.5 cm³/mol. The summed E-state index contributed by atoms with van der Waals surface area (Å²) in [6.45, 7) is 4.66. The monoisotopic (exact) mass is 335 g/mol. The van der Waals surface area contributed by atoms with Crippen LogP contribution in [0.25, 0.3) is 0 Å². The molecule has 1 radical (unpaired) electrons.